The molecular weight excluding hydrogens is 345 g/mol. The van der Waals surface area contributed by atoms with Gasteiger partial charge in [-0.3, -0.25) is 19.2 Å². The largest absolute Gasteiger partial charge is 0.530 e. The molecule has 0 amide bonds. The van der Waals surface area contributed by atoms with Gasteiger partial charge in [0.1, 0.15) is 5.75 Å². The molecule has 1 saturated heterocycles. The van der Waals surface area contributed by atoms with E-state index < -0.39 is 18.8 Å². The molecule has 0 N–H and O–H groups in total. The third-order valence-corrected chi connectivity index (χ3v) is 5.21. The summed E-state index contributed by atoms with van der Waals surface area (Å²) >= 11 is 0. The van der Waals surface area contributed by atoms with Crippen molar-refractivity contribution in [2.45, 2.75) is 26.4 Å². The Labute approximate surface area is 145 Å². The first-order chi connectivity index (χ1) is 11.8. The van der Waals surface area contributed by atoms with E-state index in [-0.39, 0.29) is 18.0 Å². The highest BCUT2D eigenvalue weighted by Gasteiger charge is 2.37. The summed E-state index contributed by atoms with van der Waals surface area (Å²) in [4.78, 5) is 10.2. The molecule has 1 fully saturated rings. The normalized spacial score (nSPS) is 23.2. The maximum absolute atomic E-state index is 12.8. The lowest BCUT2D eigenvalue weighted by molar-refractivity contribution is -0.384. The average Bonchev–Trinajstić information content (AvgIpc) is 2.54. The predicted molar refractivity (Wildman–Crippen MR) is 91.6 cm³/mol. The first kappa shape index (κ1) is 17.6. The second kappa shape index (κ2) is 6.96. The monoisotopic (exact) mass is 363 g/mol. The molecule has 3 rings (SSSR count). The van der Waals surface area contributed by atoms with Crippen molar-refractivity contribution in [3.63, 3.8) is 0 Å². The van der Waals surface area contributed by atoms with Crippen LogP contribution >= 0.6 is 7.82 Å². The van der Waals surface area contributed by atoms with Gasteiger partial charge in [-0.25, -0.2) is 4.57 Å². The summed E-state index contributed by atoms with van der Waals surface area (Å²) in [6.07, 6.45) is 0.174. The number of benzene rings is 2. The van der Waals surface area contributed by atoms with E-state index in [1.165, 1.54) is 24.3 Å². The Hall–Kier alpha value is -2.21. The van der Waals surface area contributed by atoms with Gasteiger partial charge in [0.2, 0.25) is 0 Å². The number of nitro benzene ring substituents is 1. The zero-order valence-electron chi connectivity index (χ0n) is 13.9. The molecule has 25 heavy (non-hydrogen) atoms. The second-order valence-corrected chi connectivity index (χ2v) is 7.47. The molecule has 1 aliphatic heterocycles. The van der Waals surface area contributed by atoms with Crippen molar-refractivity contribution in [2.75, 3.05) is 6.61 Å². The minimum absolute atomic E-state index is 0.0794. The summed E-state index contributed by atoms with van der Waals surface area (Å²) < 4.78 is 29.0. The van der Waals surface area contributed by atoms with Gasteiger partial charge < -0.3 is 4.52 Å². The molecule has 1 heterocycles. The highest BCUT2D eigenvalue weighted by molar-refractivity contribution is 7.49. The second-order valence-electron chi connectivity index (χ2n) is 5.93. The Bertz CT molecular complexity index is 815. The van der Waals surface area contributed by atoms with Crippen LogP contribution in [0.25, 0.3) is 0 Å². The molecule has 2 aromatic rings. The van der Waals surface area contributed by atoms with E-state index in [4.69, 9.17) is 13.6 Å². The molecule has 0 aliphatic carbocycles. The highest BCUT2D eigenvalue weighted by atomic mass is 31.2. The summed E-state index contributed by atoms with van der Waals surface area (Å²) in [5, 5.41) is 10.7. The van der Waals surface area contributed by atoms with Crippen molar-refractivity contribution >= 4 is 13.5 Å². The summed E-state index contributed by atoms with van der Waals surface area (Å²) in [5.74, 6) is 0.190. The van der Waals surface area contributed by atoms with E-state index in [0.29, 0.717) is 6.42 Å². The molecule has 7 nitrogen and oxygen atoms in total. The van der Waals surface area contributed by atoms with E-state index in [1.54, 1.807) is 0 Å². The van der Waals surface area contributed by atoms with Gasteiger partial charge in [0.15, 0.2) is 0 Å². The minimum atomic E-state index is -3.80. The Kier molecular flexibility index (Phi) is 4.90. The van der Waals surface area contributed by atoms with Crippen molar-refractivity contribution in [3.8, 4) is 5.75 Å². The summed E-state index contributed by atoms with van der Waals surface area (Å²) in [7, 11) is -3.80. The third kappa shape index (κ3) is 4.25. The summed E-state index contributed by atoms with van der Waals surface area (Å²) in [5.41, 5.74) is 3.03. The van der Waals surface area contributed by atoms with Crippen LogP contribution in [0.4, 0.5) is 5.69 Å². The highest BCUT2D eigenvalue weighted by Crippen LogP contribution is 2.56. The maximum atomic E-state index is 12.8. The molecule has 2 atom stereocenters. The quantitative estimate of drug-likeness (QED) is 0.437. The zero-order valence-corrected chi connectivity index (χ0v) is 14.8. The number of nitro groups is 1. The van der Waals surface area contributed by atoms with Crippen LogP contribution in [0, 0.1) is 24.0 Å². The summed E-state index contributed by atoms with van der Waals surface area (Å²) in [6, 6.07) is 11.3. The van der Waals surface area contributed by atoms with Crippen LogP contribution in [0.5, 0.6) is 5.75 Å². The smallest absolute Gasteiger partial charge is 0.404 e. The molecule has 0 aromatic heterocycles. The Morgan fingerprint density at radius 3 is 2.40 bits per heavy atom. The number of nitrogens with zero attached hydrogens (tertiary/aromatic N) is 1. The van der Waals surface area contributed by atoms with Crippen LogP contribution in [-0.2, 0) is 13.6 Å². The minimum Gasteiger partial charge on any atom is -0.404 e. The lowest BCUT2D eigenvalue weighted by atomic mass is 10.0. The van der Waals surface area contributed by atoms with Gasteiger partial charge in [-0.05, 0) is 31.5 Å². The lowest BCUT2D eigenvalue weighted by Crippen LogP contribution is -2.16. The molecule has 0 bridgehead atoms. The van der Waals surface area contributed by atoms with E-state index in [2.05, 4.69) is 6.07 Å². The summed E-state index contributed by atoms with van der Waals surface area (Å²) in [6.45, 7) is 4.22. The topological polar surface area (TPSA) is 87.9 Å². The standard InChI is InChI=1S/C17H18NO6P/c1-12-9-13(2)11-14(10-12)17-7-8-22-25(21,24-17)23-16-5-3-15(4-6-16)18(19)20/h3-6,9-11,17H,7-8H2,1-2H3/t17-,25-/m0/s1. The van der Waals surface area contributed by atoms with Gasteiger partial charge in [-0.15, -0.1) is 0 Å². The van der Waals surface area contributed by atoms with E-state index >= 15 is 0 Å². The van der Waals surface area contributed by atoms with Crippen molar-refractivity contribution in [2.24, 2.45) is 0 Å². The van der Waals surface area contributed by atoms with Crippen LogP contribution in [0.2, 0.25) is 0 Å². The van der Waals surface area contributed by atoms with Crippen molar-refractivity contribution in [1.82, 2.24) is 0 Å². The van der Waals surface area contributed by atoms with Gasteiger partial charge in [0, 0.05) is 18.6 Å². The fourth-order valence-corrected chi connectivity index (χ4v) is 4.14. The molecular formula is C17H18NO6P. The Morgan fingerprint density at radius 2 is 1.80 bits per heavy atom. The molecule has 0 unspecified atom stereocenters. The number of hydrogen-bond donors (Lipinski definition) is 0. The number of aryl methyl sites for hydroxylation is 2. The van der Waals surface area contributed by atoms with Crippen LogP contribution in [0.15, 0.2) is 42.5 Å². The molecule has 1 aliphatic rings. The first-order valence-corrected chi connectivity index (χ1v) is 9.26. The number of non-ortho nitro benzene ring substituents is 1. The fourth-order valence-electron chi connectivity index (χ4n) is 2.74. The van der Waals surface area contributed by atoms with E-state index in [1.807, 2.05) is 26.0 Å². The Morgan fingerprint density at radius 1 is 1.16 bits per heavy atom. The predicted octanol–water partition coefficient (Wildman–Crippen LogP) is 4.88. The Balaban J connectivity index is 1.77. The van der Waals surface area contributed by atoms with Crippen LogP contribution < -0.4 is 4.52 Å². The zero-order chi connectivity index (χ0) is 18.0. The average molecular weight is 363 g/mol. The fraction of sp³-hybridized carbons (Fsp3) is 0.294. The van der Waals surface area contributed by atoms with Gasteiger partial charge in [-0.2, -0.15) is 0 Å². The van der Waals surface area contributed by atoms with Gasteiger partial charge in [0.25, 0.3) is 5.69 Å². The number of phosphoric ester groups is 1. The third-order valence-electron chi connectivity index (χ3n) is 3.77. The van der Waals surface area contributed by atoms with Crippen molar-refractivity contribution in [1.29, 1.82) is 0 Å². The molecule has 8 heteroatoms. The molecule has 0 saturated carbocycles. The van der Waals surface area contributed by atoms with Crippen molar-refractivity contribution < 1.29 is 23.1 Å². The SMILES string of the molecule is Cc1cc(C)cc([C@@H]2CCO[P@@](=O)(Oc3ccc([N+](=O)[O-])cc3)O2)c1. The maximum Gasteiger partial charge on any atom is 0.530 e. The van der Waals surface area contributed by atoms with Crippen LogP contribution in [0.3, 0.4) is 0 Å². The molecule has 0 radical (unpaired) electrons. The number of rotatable bonds is 4. The van der Waals surface area contributed by atoms with Gasteiger partial charge in [-0.1, -0.05) is 29.3 Å². The molecule has 0 spiro atoms. The van der Waals surface area contributed by atoms with Crippen LogP contribution in [0.1, 0.15) is 29.2 Å². The van der Waals surface area contributed by atoms with E-state index in [0.717, 1.165) is 16.7 Å². The van der Waals surface area contributed by atoms with Crippen LogP contribution in [-0.4, -0.2) is 11.5 Å². The molecule has 2 aromatic carbocycles. The lowest BCUT2D eigenvalue weighted by Gasteiger charge is -2.29. The van der Waals surface area contributed by atoms with E-state index in [9.17, 15) is 14.7 Å². The molecule has 132 valence electrons. The first-order valence-electron chi connectivity index (χ1n) is 7.80. The van der Waals surface area contributed by atoms with Gasteiger partial charge in [0.05, 0.1) is 17.6 Å². The number of hydrogen-bond acceptors (Lipinski definition) is 6. The number of phosphoric acid groups is 1. The van der Waals surface area contributed by atoms with Crippen molar-refractivity contribution in [3.05, 3.63) is 69.3 Å². The van der Waals surface area contributed by atoms with Gasteiger partial charge >= 0.3 is 7.82 Å².